The molecule has 0 N–H and O–H groups in total. The second kappa shape index (κ2) is 10.2. The summed E-state index contributed by atoms with van der Waals surface area (Å²) in [4.78, 5) is 11.9. The van der Waals surface area contributed by atoms with E-state index in [4.69, 9.17) is 18.8 Å². The highest BCUT2D eigenvalue weighted by atomic mass is 16.3. The van der Waals surface area contributed by atoms with Crippen LogP contribution >= 0.6 is 0 Å². The van der Waals surface area contributed by atoms with Crippen LogP contribution in [0.5, 0.6) is 0 Å². The van der Waals surface area contributed by atoms with E-state index in [0.29, 0.717) is 5.95 Å². The van der Waals surface area contributed by atoms with E-state index < -0.39 is 0 Å². The molecule has 0 radical (unpaired) electrons. The topological polar surface area (TPSA) is 55.3 Å². The predicted molar refractivity (Wildman–Crippen MR) is 182 cm³/mol. The Kier molecular flexibility index (Phi) is 5.74. The first-order chi connectivity index (χ1) is 22.3. The summed E-state index contributed by atoms with van der Waals surface area (Å²) in [5.41, 5.74) is 9.64. The van der Waals surface area contributed by atoms with Gasteiger partial charge in [-0.1, -0.05) is 91.0 Å². The first kappa shape index (κ1) is 25.3. The summed E-state index contributed by atoms with van der Waals surface area (Å²) in [5.74, 6) is 0.568. The Morgan fingerprint density at radius 2 is 0.822 bits per heavy atom. The number of anilines is 3. The van der Waals surface area contributed by atoms with E-state index in [9.17, 15) is 0 Å². The quantitative estimate of drug-likeness (QED) is 0.203. The molecule has 0 aliphatic rings. The zero-order valence-corrected chi connectivity index (χ0v) is 24.1. The van der Waals surface area contributed by atoms with Crippen molar-refractivity contribution in [2.75, 3.05) is 4.90 Å². The van der Waals surface area contributed by atoms with E-state index in [2.05, 4.69) is 89.8 Å². The van der Waals surface area contributed by atoms with Gasteiger partial charge in [0.25, 0.3) is 0 Å². The summed E-state index contributed by atoms with van der Waals surface area (Å²) in [6.07, 6.45) is 3.79. The van der Waals surface area contributed by atoms with Gasteiger partial charge in [-0.05, 0) is 65.2 Å². The molecule has 3 aromatic heterocycles. The van der Waals surface area contributed by atoms with Crippen molar-refractivity contribution in [3.8, 4) is 22.3 Å². The van der Waals surface area contributed by atoms with E-state index in [1.807, 2.05) is 67.0 Å². The fourth-order valence-corrected chi connectivity index (χ4v) is 6.16. The molecule has 0 aliphatic heterocycles. The third kappa shape index (κ3) is 4.33. The van der Waals surface area contributed by atoms with Crippen molar-refractivity contribution in [2.45, 2.75) is 0 Å². The molecule has 0 saturated heterocycles. The average Bonchev–Trinajstić information content (AvgIpc) is 3.67. The van der Waals surface area contributed by atoms with E-state index >= 15 is 0 Å². The second-order valence-electron chi connectivity index (χ2n) is 11.1. The van der Waals surface area contributed by atoms with Crippen LogP contribution in [0.15, 0.2) is 161 Å². The first-order valence-electron chi connectivity index (χ1n) is 14.9. The Labute approximate surface area is 258 Å². The molecule has 0 spiro atoms. The van der Waals surface area contributed by atoms with Gasteiger partial charge in [0, 0.05) is 50.9 Å². The van der Waals surface area contributed by atoms with Crippen LogP contribution in [0.25, 0.3) is 66.1 Å². The molecule has 0 fully saturated rings. The SMILES string of the molecule is c1ccc(-c2ccc(-c3cnc(N(c4ccc5oc6ccccc6c5c4)c4ccc5oc6ccccc6c5c4)nc3)cc2)cc1. The Morgan fingerprint density at radius 3 is 1.38 bits per heavy atom. The molecule has 5 heteroatoms. The van der Waals surface area contributed by atoms with Gasteiger partial charge in [-0.2, -0.15) is 0 Å². The summed E-state index contributed by atoms with van der Waals surface area (Å²) in [7, 11) is 0. The lowest BCUT2D eigenvalue weighted by Gasteiger charge is -2.23. The molecule has 0 amide bonds. The normalized spacial score (nSPS) is 11.6. The van der Waals surface area contributed by atoms with Crippen LogP contribution in [0.3, 0.4) is 0 Å². The maximum Gasteiger partial charge on any atom is 0.234 e. The number of rotatable bonds is 5. The number of nitrogens with zero attached hydrogens (tertiary/aromatic N) is 3. The Hall–Kier alpha value is -6.20. The lowest BCUT2D eigenvalue weighted by molar-refractivity contribution is 0.668. The number of aromatic nitrogens is 2. The van der Waals surface area contributed by atoms with Crippen LogP contribution in [0, 0.1) is 0 Å². The molecule has 9 rings (SSSR count). The summed E-state index contributed by atoms with van der Waals surface area (Å²) >= 11 is 0. The number of fused-ring (bicyclic) bond motifs is 6. The summed E-state index contributed by atoms with van der Waals surface area (Å²) < 4.78 is 12.3. The monoisotopic (exact) mass is 579 g/mol. The van der Waals surface area contributed by atoms with Gasteiger partial charge in [0.2, 0.25) is 5.95 Å². The molecular weight excluding hydrogens is 554 g/mol. The van der Waals surface area contributed by atoms with Crippen LogP contribution < -0.4 is 4.90 Å². The smallest absolute Gasteiger partial charge is 0.234 e. The third-order valence-electron chi connectivity index (χ3n) is 8.40. The van der Waals surface area contributed by atoms with Crippen LogP contribution in [0.4, 0.5) is 17.3 Å². The molecule has 45 heavy (non-hydrogen) atoms. The van der Waals surface area contributed by atoms with Gasteiger partial charge in [0.1, 0.15) is 22.3 Å². The maximum absolute atomic E-state index is 6.13. The number of furan rings is 2. The van der Waals surface area contributed by atoms with Gasteiger partial charge >= 0.3 is 0 Å². The number of para-hydroxylation sites is 2. The molecule has 6 aromatic carbocycles. The van der Waals surface area contributed by atoms with Gasteiger partial charge in [-0.25, -0.2) is 9.97 Å². The minimum atomic E-state index is 0.568. The summed E-state index contributed by atoms with van der Waals surface area (Å²) in [5, 5.41) is 4.22. The van der Waals surface area contributed by atoms with E-state index in [1.54, 1.807) is 0 Å². The first-order valence-corrected chi connectivity index (χ1v) is 14.9. The molecule has 5 nitrogen and oxygen atoms in total. The Bertz CT molecular complexity index is 2360. The highest BCUT2D eigenvalue weighted by Gasteiger charge is 2.19. The molecule has 9 aromatic rings. The maximum atomic E-state index is 6.13. The number of benzene rings is 6. The van der Waals surface area contributed by atoms with Crippen LogP contribution in [-0.2, 0) is 0 Å². The number of hydrogen-bond donors (Lipinski definition) is 0. The average molecular weight is 580 g/mol. The van der Waals surface area contributed by atoms with Crippen LogP contribution in [-0.4, -0.2) is 9.97 Å². The fourth-order valence-electron chi connectivity index (χ4n) is 6.16. The lowest BCUT2D eigenvalue weighted by atomic mass is 10.0. The van der Waals surface area contributed by atoms with E-state index in [-0.39, 0.29) is 0 Å². The minimum Gasteiger partial charge on any atom is -0.456 e. The van der Waals surface area contributed by atoms with Gasteiger partial charge in [-0.3, -0.25) is 4.90 Å². The van der Waals surface area contributed by atoms with Crippen molar-refractivity contribution in [3.63, 3.8) is 0 Å². The van der Waals surface area contributed by atoms with Crippen LogP contribution in [0.1, 0.15) is 0 Å². The van der Waals surface area contributed by atoms with Crippen molar-refractivity contribution in [2.24, 2.45) is 0 Å². The van der Waals surface area contributed by atoms with Gasteiger partial charge in [0.15, 0.2) is 0 Å². The molecule has 0 saturated carbocycles. The zero-order valence-electron chi connectivity index (χ0n) is 24.1. The van der Waals surface area contributed by atoms with E-state index in [0.717, 1.165) is 66.4 Å². The Balaban J connectivity index is 1.16. The second-order valence-corrected chi connectivity index (χ2v) is 11.1. The molecule has 0 bridgehead atoms. The van der Waals surface area contributed by atoms with Crippen LogP contribution in [0.2, 0.25) is 0 Å². The molecule has 212 valence electrons. The molecule has 0 unspecified atom stereocenters. The largest absolute Gasteiger partial charge is 0.456 e. The van der Waals surface area contributed by atoms with Gasteiger partial charge in [0.05, 0.1) is 0 Å². The third-order valence-corrected chi connectivity index (χ3v) is 8.40. The highest BCUT2D eigenvalue weighted by Crippen LogP contribution is 2.40. The Morgan fingerprint density at radius 1 is 0.378 bits per heavy atom. The lowest BCUT2D eigenvalue weighted by Crippen LogP contribution is -2.13. The molecular formula is C40H25N3O2. The van der Waals surface area contributed by atoms with Crippen molar-refractivity contribution < 1.29 is 8.83 Å². The molecule has 0 aliphatic carbocycles. The minimum absolute atomic E-state index is 0.568. The molecule has 3 heterocycles. The van der Waals surface area contributed by atoms with Crippen molar-refractivity contribution in [1.29, 1.82) is 0 Å². The van der Waals surface area contributed by atoms with Crippen molar-refractivity contribution >= 4 is 61.2 Å². The van der Waals surface area contributed by atoms with Crippen molar-refractivity contribution in [3.05, 3.63) is 152 Å². The van der Waals surface area contributed by atoms with Gasteiger partial charge < -0.3 is 8.83 Å². The number of hydrogen-bond acceptors (Lipinski definition) is 5. The highest BCUT2D eigenvalue weighted by molar-refractivity contribution is 6.08. The summed E-state index contributed by atoms with van der Waals surface area (Å²) in [6, 6.07) is 47.6. The van der Waals surface area contributed by atoms with Gasteiger partial charge in [-0.15, -0.1) is 0 Å². The summed E-state index contributed by atoms with van der Waals surface area (Å²) in [6.45, 7) is 0. The standard InChI is InChI=1S/C40H25N3O2/c1-2-8-26(9-3-1)27-14-16-28(17-15-27)29-24-41-40(42-25-29)43(30-18-20-38-34(22-30)32-10-4-6-12-36(32)44-38)31-19-21-39-35(23-31)33-11-5-7-13-37(33)45-39/h1-25H. The zero-order chi connectivity index (χ0) is 29.7. The van der Waals surface area contributed by atoms with Crippen molar-refractivity contribution in [1.82, 2.24) is 9.97 Å². The fraction of sp³-hybridized carbons (Fsp3) is 0. The molecule has 0 atom stereocenters. The van der Waals surface area contributed by atoms with E-state index in [1.165, 1.54) is 11.1 Å². The predicted octanol–water partition coefficient (Wildman–Crippen LogP) is 11.1.